The highest BCUT2D eigenvalue weighted by Crippen LogP contribution is 2.44. The summed E-state index contributed by atoms with van der Waals surface area (Å²) in [6.45, 7) is 1.30. The molecule has 1 atom stereocenters. The summed E-state index contributed by atoms with van der Waals surface area (Å²) >= 11 is 0. The lowest BCUT2D eigenvalue weighted by molar-refractivity contribution is -0.132. The number of benzene rings is 3. The second kappa shape index (κ2) is 10.5. The van der Waals surface area contributed by atoms with E-state index in [2.05, 4.69) is 0 Å². The highest BCUT2D eigenvalue weighted by Gasteiger charge is 2.30. The molecule has 4 aromatic rings. The molecule has 3 aromatic carbocycles. The Bertz CT molecular complexity index is 1540. The summed E-state index contributed by atoms with van der Waals surface area (Å²) in [7, 11) is 1.44. The zero-order chi connectivity index (χ0) is 26.8. The number of piperidine rings is 1. The molecule has 1 saturated heterocycles. The summed E-state index contributed by atoms with van der Waals surface area (Å²) in [6.07, 6.45) is 2.86. The fourth-order valence-electron chi connectivity index (χ4n) is 5.16. The number of ether oxygens (including phenoxy) is 1. The van der Waals surface area contributed by atoms with Crippen LogP contribution in [0, 0.1) is 0 Å². The molecule has 0 unspecified atom stereocenters. The molecular weight excluding hydrogens is 486 g/mol. The van der Waals surface area contributed by atoms with Crippen molar-refractivity contribution in [3.63, 3.8) is 0 Å². The number of likely N-dealkylation sites (tertiary alicyclic amines) is 1. The molecule has 0 saturated carbocycles. The molecule has 8 heteroatoms. The van der Waals surface area contributed by atoms with Gasteiger partial charge in [0.1, 0.15) is 28.2 Å². The van der Waals surface area contributed by atoms with Crippen LogP contribution >= 0.6 is 0 Å². The predicted octanol–water partition coefficient (Wildman–Crippen LogP) is 5.12. The fourth-order valence-corrected chi connectivity index (χ4v) is 5.16. The van der Waals surface area contributed by atoms with E-state index in [1.807, 2.05) is 6.07 Å². The molecule has 2 heterocycles. The molecule has 1 aromatic heterocycles. The molecule has 0 radical (unpaired) electrons. The minimum Gasteiger partial charge on any atom is -0.507 e. The quantitative estimate of drug-likeness (QED) is 0.326. The van der Waals surface area contributed by atoms with Gasteiger partial charge in [0, 0.05) is 48.7 Å². The van der Waals surface area contributed by atoms with Gasteiger partial charge in [-0.2, -0.15) is 0 Å². The van der Waals surface area contributed by atoms with Gasteiger partial charge in [0.2, 0.25) is 5.91 Å². The lowest BCUT2D eigenvalue weighted by Gasteiger charge is -2.29. The van der Waals surface area contributed by atoms with E-state index in [4.69, 9.17) is 9.15 Å². The highest BCUT2D eigenvalue weighted by atomic mass is 16.5. The Balaban J connectivity index is 1.73. The average molecular weight is 516 g/mol. The molecule has 5 rings (SSSR count). The Kier molecular flexibility index (Phi) is 6.96. The van der Waals surface area contributed by atoms with E-state index in [-0.39, 0.29) is 51.9 Å². The second-order valence-electron chi connectivity index (χ2n) is 9.50. The average Bonchev–Trinajstić information content (AvgIpc) is 2.92. The second-order valence-corrected chi connectivity index (χ2v) is 9.50. The van der Waals surface area contributed by atoms with Crippen molar-refractivity contribution in [2.24, 2.45) is 0 Å². The van der Waals surface area contributed by atoms with Crippen molar-refractivity contribution in [2.75, 3.05) is 20.2 Å². The Morgan fingerprint density at radius 3 is 2.37 bits per heavy atom. The van der Waals surface area contributed by atoms with Crippen molar-refractivity contribution in [2.45, 2.75) is 31.6 Å². The first kappa shape index (κ1) is 25.2. The number of carbonyl (C=O) groups excluding carboxylic acids is 1. The Hall–Kier alpha value is -4.46. The number of phenols is 3. The number of amides is 1. The third-order valence-corrected chi connectivity index (χ3v) is 7.10. The largest absolute Gasteiger partial charge is 0.507 e. The number of methoxy groups -OCH3 is 1. The summed E-state index contributed by atoms with van der Waals surface area (Å²) in [5, 5.41) is 32.2. The molecule has 1 aliphatic heterocycles. The monoisotopic (exact) mass is 515 g/mol. The van der Waals surface area contributed by atoms with Gasteiger partial charge in [-0.15, -0.1) is 0 Å². The van der Waals surface area contributed by atoms with Crippen LogP contribution in [0.2, 0.25) is 0 Å². The van der Waals surface area contributed by atoms with Crippen LogP contribution < -0.4 is 10.2 Å². The first-order valence-electron chi connectivity index (χ1n) is 12.6. The van der Waals surface area contributed by atoms with E-state index < -0.39 is 17.1 Å². The maximum absolute atomic E-state index is 13.4. The van der Waals surface area contributed by atoms with Crippen molar-refractivity contribution < 1.29 is 29.3 Å². The van der Waals surface area contributed by atoms with Crippen LogP contribution in [0.25, 0.3) is 22.3 Å². The molecule has 0 aliphatic carbocycles. The number of nitrogens with zero attached hydrogens (tertiary/aromatic N) is 1. The smallest absolute Gasteiger partial charge is 0.223 e. The lowest BCUT2D eigenvalue weighted by atomic mass is 9.85. The van der Waals surface area contributed by atoms with Crippen LogP contribution in [0.15, 0.2) is 69.9 Å². The van der Waals surface area contributed by atoms with Gasteiger partial charge in [0.15, 0.2) is 16.9 Å². The number of rotatable bonds is 6. The van der Waals surface area contributed by atoms with Gasteiger partial charge in [-0.3, -0.25) is 9.59 Å². The van der Waals surface area contributed by atoms with E-state index in [0.29, 0.717) is 24.2 Å². The molecular formula is C30H29NO7. The van der Waals surface area contributed by atoms with E-state index in [1.165, 1.54) is 19.2 Å². The molecule has 1 aliphatic rings. The summed E-state index contributed by atoms with van der Waals surface area (Å²) in [5.41, 5.74) is 0.845. The van der Waals surface area contributed by atoms with Crippen molar-refractivity contribution in [3.05, 3.63) is 82.0 Å². The Morgan fingerprint density at radius 1 is 0.947 bits per heavy atom. The SMILES string of the molecule is COc1ccc([C@@H](CC(=O)N2CCCCC2)c2c(O)cc(O)c3c(=O)cc(-c4ccccc4)oc23)cc1O. The van der Waals surface area contributed by atoms with E-state index >= 15 is 0 Å². The summed E-state index contributed by atoms with van der Waals surface area (Å²) in [4.78, 5) is 28.4. The normalized spacial score (nSPS) is 14.4. The summed E-state index contributed by atoms with van der Waals surface area (Å²) < 4.78 is 11.4. The molecule has 8 nitrogen and oxygen atoms in total. The molecule has 1 fully saturated rings. The molecule has 196 valence electrons. The number of hydrogen-bond donors (Lipinski definition) is 3. The summed E-state index contributed by atoms with van der Waals surface area (Å²) in [6, 6.07) is 16.2. The van der Waals surface area contributed by atoms with Crippen LogP contribution in [0.1, 0.15) is 42.7 Å². The summed E-state index contributed by atoms with van der Waals surface area (Å²) in [5.74, 6) is -1.27. The van der Waals surface area contributed by atoms with E-state index in [0.717, 1.165) is 25.3 Å². The van der Waals surface area contributed by atoms with Gasteiger partial charge in [-0.25, -0.2) is 0 Å². The van der Waals surface area contributed by atoms with Crippen LogP contribution in [-0.4, -0.2) is 46.3 Å². The Morgan fingerprint density at radius 2 is 1.68 bits per heavy atom. The van der Waals surface area contributed by atoms with Gasteiger partial charge in [-0.05, 0) is 37.0 Å². The standard InChI is InChI=1S/C30H29NO7/c1-37-25-11-10-19(14-21(25)32)20(15-27(36)31-12-6-3-7-13-31)28-22(33)16-23(34)29-24(35)17-26(38-30(28)29)18-8-4-2-5-9-18/h2,4-5,8-11,14,16-17,20,32-34H,3,6-7,12-13,15H2,1H3/t20-/m1/s1. The first-order valence-corrected chi connectivity index (χ1v) is 12.6. The third kappa shape index (κ3) is 4.77. The molecule has 3 N–H and O–H groups in total. The third-order valence-electron chi connectivity index (χ3n) is 7.10. The minimum atomic E-state index is -0.793. The molecule has 38 heavy (non-hydrogen) atoms. The number of fused-ring (bicyclic) bond motifs is 1. The Labute approximate surface area is 219 Å². The van der Waals surface area contributed by atoms with E-state index in [9.17, 15) is 24.9 Å². The van der Waals surface area contributed by atoms with Gasteiger partial charge in [0.25, 0.3) is 0 Å². The molecule has 1 amide bonds. The molecule has 0 bridgehead atoms. The minimum absolute atomic E-state index is 0.0133. The van der Waals surface area contributed by atoms with Crippen LogP contribution in [0.5, 0.6) is 23.0 Å². The zero-order valence-corrected chi connectivity index (χ0v) is 21.0. The highest BCUT2D eigenvalue weighted by molar-refractivity contribution is 5.91. The van der Waals surface area contributed by atoms with Crippen molar-refractivity contribution in [1.82, 2.24) is 4.90 Å². The van der Waals surface area contributed by atoms with Gasteiger partial charge >= 0.3 is 0 Å². The van der Waals surface area contributed by atoms with Crippen molar-refractivity contribution in [1.29, 1.82) is 0 Å². The maximum atomic E-state index is 13.4. The van der Waals surface area contributed by atoms with E-state index in [1.54, 1.807) is 41.3 Å². The van der Waals surface area contributed by atoms with Crippen molar-refractivity contribution >= 4 is 16.9 Å². The zero-order valence-electron chi connectivity index (χ0n) is 21.0. The fraction of sp³-hybridized carbons (Fsp3) is 0.267. The van der Waals surface area contributed by atoms with Crippen LogP contribution in [0.4, 0.5) is 0 Å². The van der Waals surface area contributed by atoms with Crippen LogP contribution in [0.3, 0.4) is 0 Å². The number of phenolic OH excluding ortho intramolecular Hbond substituents is 3. The molecule has 0 spiro atoms. The lowest BCUT2D eigenvalue weighted by Crippen LogP contribution is -2.36. The topological polar surface area (TPSA) is 120 Å². The van der Waals surface area contributed by atoms with Crippen LogP contribution in [-0.2, 0) is 4.79 Å². The number of carbonyl (C=O) groups is 1. The number of aromatic hydroxyl groups is 3. The maximum Gasteiger partial charge on any atom is 0.223 e. The predicted molar refractivity (Wildman–Crippen MR) is 143 cm³/mol. The van der Waals surface area contributed by atoms with Gasteiger partial charge < -0.3 is 29.4 Å². The van der Waals surface area contributed by atoms with Gasteiger partial charge in [-0.1, -0.05) is 36.4 Å². The van der Waals surface area contributed by atoms with Crippen molar-refractivity contribution in [3.8, 4) is 34.3 Å². The first-order chi connectivity index (χ1) is 18.4. The number of hydrogen-bond acceptors (Lipinski definition) is 7. The van der Waals surface area contributed by atoms with Gasteiger partial charge in [0.05, 0.1) is 7.11 Å².